The summed E-state index contributed by atoms with van der Waals surface area (Å²) in [6, 6.07) is 27.0. The molecule has 0 aliphatic heterocycles. The van der Waals surface area contributed by atoms with E-state index in [1.165, 1.54) is 0 Å². The molecule has 130 valence electrons. The van der Waals surface area contributed by atoms with Gasteiger partial charge in [0.1, 0.15) is 0 Å². The molecule has 0 aliphatic carbocycles. The largest absolute Gasteiger partial charge is 0.272 e. The molecule has 0 fully saturated rings. The van der Waals surface area contributed by atoms with Crippen molar-refractivity contribution in [2.75, 3.05) is 0 Å². The maximum Gasteiger partial charge on any atom is 0.272 e. The van der Waals surface area contributed by atoms with Gasteiger partial charge in [0, 0.05) is 29.1 Å². The standard InChI is InChI=1S/C23H17N3O/c27-23(21-14-6-11-17-8-4-5-13-20(17)21)26-25-22(18-9-2-1-3-10-18)19-12-7-15-24-16-19/h1-16H,(H,26,27)/b25-22+. The van der Waals surface area contributed by atoms with Gasteiger partial charge in [-0.3, -0.25) is 9.78 Å². The van der Waals surface area contributed by atoms with Crippen LogP contribution < -0.4 is 5.43 Å². The van der Waals surface area contributed by atoms with Crippen LogP contribution in [-0.2, 0) is 0 Å². The normalized spacial score (nSPS) is 11.3. The molecule has 1 heterocycles. The topological polar surface area (TPSA) is 54.4 Å². The van der Waals surface area contributed by atoms with Crippen LogP contribution in [0, 0.1) is 0 Å². The van der Waals surface area contributed by atoms with Gasteiger partial charge in [-0.15, -0.1) is 0 Å². The third-order valence-corrected chi connectivity index (χ3v) is 4.29. The van der Waals surface area contributed by atoms with E-state index in [-0.39, 0.29) is 5.91 Å². The Bertz CT molecular complexity index is 1060. The number of nitrogens with zero attached hydrogens (tertiary/aromatic N) is 2. The molecular formula is C23H17N3O. The molecule has 0 spiro atoms. The quantitative estimate of drug-likeness (QED) is 0.437. The van der Waals surface area contributed by atoms with E-state index in [9.17, 15) is 4.79 Å². The molecule has 0 saturated heterocycles. The van der Waals surface area contributed by atoms with E-state index in [1.54, 1.807) is 18.5 Å². The average molecular weight is 351 g/mol. The molecule has 3 aromatic carbocycles. The molecule has 0 atom stereocenters. The van der Waals surface area contributed by atoms with Crippen molar-refractivity contribution >= 4 is 22.4 Å². The van der Waals surface area contributed by atoms with Crippen molar-refractivity contribution in [2.45, 2.75) is 0 Å². The Morgan fingerprint density at radius 1 is 0.778 bits per heavy atom. The number of nitrogens with one attached hydrogen (secondary N) is 1. The van der Waals surface area contributed by atoms with Gasteiger partial charge in [-0.2, -0.15) is 5.10 Å². The Morgan fingerprint density at radius 3 is 2.33 bits per heavy atom. The van der Waals surface area contributed by atoms with Crippen molar-refractivity contribution < 1.29 is 4.79 Å². The SMILES string of the molecule is O=C(N/N=C(\c1ccccc1)c1cccnc1)c1cccc2ccccc12. The summed E-state index contributed by atoms with van der Waals surface area (Å²) in [6.45, 7) is 0. The highest BCUT2D eigenvalue weighted by molar-refractivity contribution is 6.14. The van der Waals surface area contributed by atoms with E-state index in [0.717, 1.165) is 21.9 Å². The van der Waals surface area contributed by atoms with E-state index < -0.39 is 0 Å². The number of fused-ring (bicyclic) bond motifs is 1. The van der Waals surface area contributed by atoms with E-state index in [0.29, 0.717) is 11.3 Å². The molecule has 0 unspecified atom stereocenters. The van der Waals surface area contributed by atoms with E-state index in [1.807, 2.05) is 78.9 Å². The van der Waals surface area contributed by atoms with Crippen LogP contribution >= 0.6 is 0 Å². The Hall–Kier alpha value is -3.79. The van der Waals surface area contributed by atoms with Gasteiger partial charge >= 0.3 is 0 Å². The molecule has 0 aliphatic rings. The third kappa shape index (κ3) is 3.60. The van der Waals surface area contributed by atoms with Gasteiger partial charge in [0.25, 0.3) is 5.91 Å². The van der Waals surface area contributed by atoms with Crippen LogP contribution in [-0.4, -0.2) is 16.6 Å². The lowest BCUT2D eigenvalue weighted by atomic mass is 10.0. The highest BCUT2D eigenvalue weighted by Crippen LogP contribution is 2.18. The fourth-order valence-electron chi connectivity index (χ4n) is 2.98. The van der Waals surface area contributed by atoms with Crippen LogP contribution in [0.3, 0.4) is 0 Å². The number of rotatable bonds is 4. The van der Waals surface area contributed by atoms with Crippen molar-refractivity contribution in [1.29, 1.82) is 0 Å². The number of hydrazone groups is 1. The third-order valence-electron chi connectivity index (χ3n) is 4.29. The first-order chi connectivity index (χ1) is 13.3. The predicted octanol–water partition coefficient (Wildman–Crippen LogP) is 4.42. The van der Waals surface area contributed by atoms with E-state index in [4.69, 9.17) is 0 Å². The summed E-state index contributed by atoms with van der Waals surface area (Å²) in [7, 11) is 0. The van der Waals surface area contributed by atoms with Gasteiger partial charge in [-0.05, 0) is 29.0 Å². The van der Waals surface area contributed by atoms with Gasteiger partial charge < -0.3 is 0 Å². The first-order valence-corrected chi connectivity index (χ1v) is 8.64. The van der Waals surface area contributed by atoms with E-state index >= 15 is 0 Å². The maximum absolute atomic E-state index is 12.8. The number of carbonyl (C=O) groups is 1. The van der Waals surface area contributed by atoms with Crippen LogP contribution in [0.2, 0.25) is 0 Å². The zero-order valence-electron chi connectivity index (χ0n) is 14.5. The molecule has 4 nitrogen and oxygen atoms in total. The highest BCUT2D eigenvalue weighted by atomic mass is 16.2. The van der Waals surface area contributed by atoms with Gasteiger partial charge in [0.15, 0.2) is 0 Å². The summed E-state index contributed by atoms with van der Waals surface area (Å²) in [5.41, 5.74) is 5.71. The second-order valence-electron chi connectivity index (χ2n) is 6.04. The number of pyridine rings is 1. The summed E-state index contributed by atoms with van der Waals surface area (Å²) in [5.74, 6) is -0.246. The lowest BCUT2D eigenvalue weighted by Gasteiger charge is -2.09. The minimum atomic E-state index is -0.246. The summed E-state index contributed by atoms with van der Waals surface area (Å²) in [4.78, 5) is 17.0. The smallest absolute Gasteiger partial charge is 0.267 e. The maximum atomic E-state index is 12.8. The fraction of sp³-hybridized carbons (Fsp3) is 0. The summed E-state index contributed by atoms with van der Waals surface area (Å²) in [6.07, 6.45) is 3.44. The zero-order valence-corrected chi connectivity index (χ0v) is 14.5. The molecule has 0 saturated carbocycles. The number of amides is 1. The Morgan fingerprint density at radius 2 is 1.52 bits per heavy atom. The molecule has 1 N–H and O–H groups in total. The fourth-order valence-corrected chi connectivity index (χ4v) is 2.98. The molecule has 1 amide bonds. The van der Waals surface area contributed by atoms with Crippen LogP contribution in [0.4, 0.5) is 0 Å². The molecule has 4 aromatic rings. The van der Waals surface area contributed by atoms with Crippen LogP contribution in [0.15, 0.2) is 102 Å². The van der Waals surface area contributed by atoms with Crippen molar-refractivity contribution in [3.63, 3.8) is 0 Å². The van der Waals surface area contributed by atoms with Crippen molar-refractivity contribution in [3.05, 3.63) is 114 Å². The Labute approximate surface area is 157 Å². The predicted molar refractivity (Wildman–Crippen MR) is 108 cm³/mol. The van der Waals surface area contributed by atoms with E-state index in [2.05, 4.69) is 15.5 Å². The van der Waals surface area contributed by atoms with Crippen molar-refractivity contribution in [3.8, 4) is 0 Å². The van der Waals surface area contributed by atoms with Gasteiger partial charge in [-0.1, -0.05) is 66.7 Å². The van der Waals surface area contributed by atoms with Crippen molar-refractivity contribution in [2.24, 2.45) is 5.10 Å². The molecular weight excluding hydrogens is 334 g/mol. The summed E-state index contributed by atoms with van der Waals surface area (Å²) in [5, 5.41) is 6.34. The minimum absolute atomic E-state index is 0.246. The number of carbonyl (C=O) groups excluding carboxylic acids is 1. The summed E-state index contributed by atoms with van der Waals surface area (Å²) >= 11 is 0. The lowest BCUT2D eigenvalue weighted by Crippen LogP contribution is -2.21. The molecule has 1 aromatic heterocycles. The minimum Gasteiger partial charge on any atom is -0.267 e. The molecule has 4 rings (SSSR count). The van der Waals surface area contributed by atoms with Crippen LogP contribution in [0.5, 0.6) is 0 Å². The average Bonchev–Trinajstić information content (AvgIpc) is 2.75. The molecule has 0 bridgehead atoms. The number of hydrogen-bond donors (Lipinski definition) is 1. The molecule has 0 radical (unpaired) electrons. The van der Waals surface area contributed by atoms with Crippen LogP contribution in [0.25, 0.3) is 10.8 Å². The van der Waals surface area contributed by atoms with Gasteiger partial charge in [-0.25, -0.2) is 5.43 Å². The molecule has 4 heteroatoms. The zero-order chi connectivity index (χ0) is 18.5. The highest BCUT2D eigenvalue weighted by Gasteiger charge is 2.11. The van der Waals surface area contributed by atoms with Gasteiger partial charge in [0.2, 0.25) is 0 Å². The second kappa shape index (κ2) is 7.62. The van der Waals surface area contributed by atoms with Gasteiger partial charge in [0.05, 0.1) is 5.71 Å². The number of hydrogen-bond acceptors (Lipinski definition) is 3. The summed E-state index contributed by atoms with van der Waals surface area (Å²) < 4.78 is 0. The monoisotopic (exact) mass is 351 g/mol. The van der Waals surface area contributed by atoms with Crippen LogP contribution in [0.1, 0.15) is 21.5 Å². The number of benzene rings is 3. The second-order valence-corrected chi connectivity index (χ2v) is 6.04. The molecule has 27 heavy (non-hydrogen) atoms. The first kappa shape index (κ1) is 16.7. The lowest BCUT2D eigenvalue weighted by molar-refractivity contribution is 0.0956. The Kier molecular flexibility index (Phi) is 4.70. The van der Waals surface area contributed by atoms with Crippen molar-refractivity contribution in [1.82, 2.24) is 10.4 Å². The first-order valence-electron chi connectivity index (χ1n) is 8.64. The number of aromatic nitrogens is 1. The Balaban J connectivity index is 1.70.